The van der Waals surface area contributed by atoms with Crippen LogP contribution >= 0.6 is 12.4 Å². The molecule has 0 spiro atoms. The van der Waals surface area contributed by atoms with Gasteiger partial charge >= 0.3 is 0 Å². The molecule has 5 rings (SSSR count). The van der Waals surface area contributed by atoms with E-state index in [-0.39, 0.29) is 30.3 Å². The molecule has 2 saturated heterocycles. The molecule has 1 N–H and O–H groups in total. The Morgan fingerprint density at radius 2 is 2.10 bits per heavy atom. The fourth-order valence-corrected chi connectivity index (χ4v) is 4.44. The van der Waals surface area contributed by atoms with Crippen LogP contribution < -0.4 is 5.32 Å². The van der Waals surface area contributed by atoms with E-state index in [2.05, 4.69) is 15.5 Å². The predicted molar refractivity (Wildman–Crippen MR) is 109 cm³/mol. The molecule has 0 radical (unpaired) electrons. The first-order chi connectivity index (χ1) is 13.6. The number of amides is 2. The number of fused-ring (bicyclic) bond motifs is 1. The van der Waals surface area contributed by atoms with Crippen molar-refractivity contribution in [3.8, 4) is 0 Å². The number of nitrogens with zero attached hydrogens (tertiary/aromatic N) is 4. The molecule has 4 heterocycles. The van der Waals surface area contributed by atoms with Crippen LogP contribution in [0.25, 0.3) is 11.1 Å². The molecule has 1 aliphatic carbocycles. The molecule has 1 unspecified atom stereocenters. The summed E-state index contributed by atoms with van der Waals surface area (Å²) in [6, 6.07) is 2.03. The highest BCUT2D eigenvalue weighted by Gasteiger charge is 2.34. The Balaban J connectivity index is 0.00000205. The summed E-state index contributed by atoms with van der Waals surface area (Å²) in [6.07, 6.45) is 4.06. The number of piperazine rings is 1. The standard InChI is InChI=1S/C20H25N5O3.ClH/c1-12-18-15(9-16(13-4-5-13)22-19(18)28-23-12)20(27)24-7-2-3-14(11-24)25-8-6-21-10-17(25)26;/h9,13-14,21H,2-8,10-11H2,1H3;1H. The molecule has 9 heteroatoms. The van der Waals surface area contributed by atoms with E-state index in [1.54, 1.807) is 0 Å². The molecule has 1 atom stereocenters. The van der Waals surface area contributed by atoms with Gasteiger partial charge in [0.05, 0.1) is 23.2 Å². The van der Waals surface area contributed by atoms with Crippen molar-refractivity contribution in [3.63, 3.8) is 0 Å². The minimum atomic E-state index is -0.00659. The van der Waals surface area contributed by atoms with Crippen molar-refractivity contribution in [2.75, 3.05) is 32.7 Å². The van der Waals surface area contributed by atoms with Gasteiger partial charge in [0.1, 0.15) is 0 Å². The summed E-state index contributed by atoms with van der Waals surface area (Å²) in [7, 11) is 0. The summed E-state index contributed by atoms with van der Waals surface area (Å²) in [5.74, 6) is 0.546. The van der Waals surface area contributed by atoms with E-state index in [1.165, 1.54) is 0 Å². The van der Waals surface area contributed by atoms with Gasteiger partial charge < -0.3 is 19.6 Å². The van der Waals surface area contributed by atoms with Gasteiger partial charge in [0.25, 0.3) is 11.6 Å². The van der Waals surface area contributed by atoms with Gasteiger partial charge in [-0.25, -0.2) is 4.98 Å². The molecular formula is C20H26ClN5O3. The van der Waals surface area contributed by atoms with Crippen LogP contribution in [-0.2, 0) is 4.79 Å². The van der Waals surface area contributed by atoms with Crippen LogP contribution in [0.5, 0.6) is 0 Å². The highest BCUT2D eigenvalue weighted by Crippen LogP contribution is 2.40. The monoisotopic (exact) mass is 419 g/mol. The van der Waals surface area contributed by atoms with E-state index in [4.69, 9.17) is 4.52 Å². The number of piperidine rings is 1. The van der Waals surface area contributed by atoms with E-state index in [1.807, 2.05) is 22.8 Å². The van der Waals surface area contributed by atoms with Crippen molar-refractivity contribution in [1.82, 2.24) is 25.3 Å². The lowest BCUT2D eigenvalue weighted by Crippen LogP contribution is -2.57. The lowest BCUT2D eigenvalue weighted by atomic mass is 10.0. The van der Waals surface area contributed by atoms with Crippen LogP contribution in [0.2, 0.25) is 0 Å². The second kappa shape index (κ2) is 7.91. The number of nitrogens with one attached hydrogen (secondary N) is 1. The average Bonchev–Trinajstić information content (AvgIpc) is 3.51. The number of rotatable bonds is 3. The molecule has 3 fully saturated rings. The van der Waals surface area contributed by atoms with Crippen LogP contribution in [0.3, 0.4) is 0 Å². The number of hydrogen-bond acceptors (Lipinski definition) is 6. The van der Waals surface area contributed by atoms with Crippen molar-refractivity contribution >= 4 is 35.3 Å². The fourth-order valence-electron chi connectivity index (χ4n) is 4.44. The summed E-state index contributed by atoms with van der Waals surface area (Å²) in [5, 5.41) is 7.87. The number of carbonyl (C=O) groups is 2. The van der Waals surface area contributed by atoms with Crippen LogP contribution in [0, 0.1) is 6.92 Å². The third-order valence-electron chi connectivity index (χ3n) is 6.11. The van der Waals surface area contributed by atoms with E-state index >= 15 is 0 Å². The van der Waals surface area contributed by atoms with Gasteiger partial charge in [0, 0.05) is 43.8 Å². The third kappa shape index (κ3) is 3.71. The first-order valence-electron chi connectivity index (χ1n) is 10.2. The molecule has 2 aliphatic heterocycles. The van der Waals surface area contributed by atoms with E-state index in [0.29, 0.717) is 49.1 Å². The second-order valence-electron chi connectivity index (χ2n) is 8.13. The smallest absolute Gasteiger partial charge is 0.259 e. The number of halogens is 1. The maximum Gasteiger partial charge on any atom is 0.259 e. The summed E-state index contributed by atoms with van der Waals surface area (Å²) in [6.45, 7) is 5.05. The van der Waals surface area contributed by atoms with Gasteiger partial charge in [-0.05, 0) is 38.7 Å². The van der Waals surface area contributed by atoms with Gasteiger partial charge in [-0.1, -0.05) is 5.16 Å². The molecule has 0 aromatic carbocycles. The molecule has 156 valence electrons. The Labute approximate surface area is 175 Å². The van der Waals surface area contributed by atoms with Crippen LogP contribution in [-0.4, -0.2) is 70.5 Å². The number of hydrogen-bond donors (Lipinski definition) is 1. The first kappa shape index (κ1) is 20.1. The largest absolute Gasteiger partial charge is 0.337 e. The minimum Gasteiger partial charge on any atom is -0.337 e. The van der Waals surface area contributed by atoms with Crippen molar-refractivity contribution in [2.24, 2.45) is 0 Å². The van der Waals surface area contributed by atoms with Crippen LogP contribution in [0.4, 0.5) is 0 Å². The van der Waals surface area contributed by atoms with Crippen molar-refractivity contribution in [3.05, 3.63) is 23.0 Å². The Hall–Kier alpha value is -2.19. The van der Waals surface area contributed by atoms with Crippen LogP contribution in [0.1, 0.15) is 53.3 Å². The Kier molecular flexibility index (Phi) is 5.48. The first-order valence-corrected chi connectivity index (χ1v) is 10.2. The van der Waals surface area contributed by atoms with Crippen molar-refractivity contribution < 1.29 is 14.1 Å². The zero-order valence-electron chi connectivity index (χ0n) is 16.5. The fraction of sp³-hybridized carbons (Fsp3) is 0.600. The molecule has 2 aromatic rings. The van der Waals surface area contributed by atoms with Gasteiger partial charge in [-0.2, -0.15) is 0 Å². The second-order valence-corrected chi connectivity index (χ2v) is 8.13. The van der Waals surface area contributed by atoms with Gasteiger partial charge in [0.15, 0.2) is 0 Å². The Morgan fingerprint density at radius 1 is 1.28 bits per heavy atom. The zero-order valence-corrected chi connectivity index (χ0v) is 17.3. The normalized spacial score (nSPS) is 22.7. The summed E-state index contributed by atoms with van der Waals surface area (Å²) in [4.78, 5) is 34.2. The number of carbonyl (C=O) groups excluding carboxylic acids is 2. The van der Waals surface area contributed by atoms with Crippen LogP contribution in [0.15, 0.2) is 10.6 Å². The molecule has 3 aliphatic rings. The maximum atomic E-state index is 13.5. The summed E-state index contributed by atoms with van der Waals surface area (Å²) >= 11 is 0. The topological polar surface area (TPSA) is 91.6 Å². The summed E-state index contributed by atoms with van der Waals surface area (Å²) in [5.41, 5.74) is 2.71. The van der Waals surface area contributed by atoms with E-state index in [9.17, 15) is 9.59 Å². The number of pyridine rings is 1. The van der Waals surface area contributed by atoms with E-state index in [0.717, 1.165) is 43.3 Å². The lowest BCUT2D eigenvalue weighted by molar-refractivity contribution is -0.135. The third-order valence-corrected chi connectivity index (χ3v) is 6.11. The molecular weight excluding hydrogens is 394 g/mol. The van der Waals surface area contributed by atoms with Gasteiger partial charge in [-0.15, -0.1) is 12.4 Å². The quantitative estimate of drug-likeness (QED) is 0.816. The van der Waals surface area contributed by atoms with E-state index < -0.39 is 0 Å². The summed E-state index contributed by atoms with van der Waals surface area (Å²) < 4.78 is 5.38. The van der Waals surface area contributed by atoms with Gasteiger partial charge in [-0.3, -0.25) is 9.59 Å². The molecule has 8 nitrogen and oxygen atoms in total. The molecule has 2 aromatic heterocycles. The zero-order chi connectivity index (χ0) is 19.3. The van der Waals surface area contributed by atoms with Crippen molar-refractivity contribution in [2.45, 2.75) is 44.6 Å². The predicted octanol–water partition coefficient (Wildman–Crippen LogP) is 1.87. The lowest BCUT2D eigenvalue weighted by Gasteiger charge is -2.41. The molecule has 2 amide bonds. The minimum absolute atomic E-state index is 0. The molecule has 0 bridgehead atoms. The average molecular weight is 420 g/mol. The SMILES string of the molecule is Cc1noc2nc(C3CC3)cc(C(=O)N3CCCC(N4CCNCC4=O)C3)c12.Cl. The molecule has 1 saturated carbocycles. The van der Waals surface area contributed by atoms with Crippen molar-refractivity contribution in [1.29, 1.82) is 0 Å². The highest BCUT2D eigenvalue weighted by molar-refractivity contribution is 6.06. The Bertz CT molecular complexity index is 942. The highest BCUT2D eigenvalue weighted by atomic mass is 35.5. The number of aryl methyl sites for hydroxylation is 1. The maximum absolute atomic E-state index is 13.5. The molecule has 29 heavy (non-hydrogen) atoms. The number of aromatic nitrogens is 2. The van der Waals surface area contributed by atoms with Gasteiger partial charge in [0.2, 0.25) is 5.91 Å². The Morgan fingerprint density at radius 3 is 2.86 bits per heavy atom. The number of likely N-dealkylation sites (tertiary alicyclic amines) is 1.